The lowest BCUT2D eigenvalue weighted by atomic mass is 9.88. The molecule has 0 aromatic heterocycles. The molecule has 3 rings (SSSR count). The van der Waals surface area contributed by atoms with Crippen LogP contribution in [0.25, 0.3) is 0 Å². The fraction of sp³-hybridized carbons (Fsp3) is 1.00. The van der Waals surface area contributed by atoms with Crippen LogP contribution < -0.4 is 10.6 Å². The van der Waals surface area contributed by atoms with Crippen LogP contribution in [-0.2, 0) is 0 Å². The van der Waals surface area contributed by atoms with E-state index in [1.807, 2.05) is 0 Å². The van der Waals surface area contributed by atoms with Crippen molar-refractivity contribution in [3.63, 3.8) is 0 Å². The highest BCUT2D eigenvalue weighted by Crippen LogP contribution is 2.38. The molecule has 1 saturated heterocycles. The van der Waals surface area contributed by atoms with Crippen LogP contribution >= 0.6 is 0 Å². The number of hydrogen-bond donors (Lipinski definition) is 2. The van der Waals surface area contributed by atoms with Crippen molar-refractivity contribution in [3.05, 3.63) is 0 Å². The first-order chi connectivity index (χ1) is 8.27. The van der Waals surface area contributed by atoms with Gasteiger partial charge in [-0.25, -0.2) is 0 Å². The van der Waals surface area contributed by atoms with Crippen molar-refractivity contribution in [2.24, 2.45) is 17.3 Å². The third-order valence-electron chi connectivity index (χ3n) is 5.60. The van der Waals surface area contributed by atoms with Crippen LogP contribution in [0.2, 0.25) is 0 Å². The Hall–Kier alpha value is -0.0800. The zero-order valence-electron chi connectivity index (χ0n) is 11.3. The van der Waals surface area contributed by atoms with E-state index in [9.17, 15) is 0 Å². The minimum absolute atomic E-state index is 0.605. The van der Waals surface area contributed by atoms with E-state index in [1.165, 1.54) is 64.6 Å². The molecule has 3 atom stereocenters. The van der Waals surface area contributed by atoms with Gasteiger partial charge in [-0.05, 0) is 49.5 Å². The second kappa shape index (κ2) is 4.89. The summed E-state index contributed by atoms with van der Waals surface area (Å²) in [5.74, 6) is 1.99. The monoisotopic (exact) mass is 236 g/mol. The van der Waals surface area contributed by atoms with Crippen LogP contribution in [-0.4, -0.2) is 25.7 Å². The molecule has 0 bridgehead atoms. The Labute approximate surface area is 106 Å². The molecule has 0 radical (unpaired) electrons. The summed E-state index contributed by atoms with van der Waals surface area (Å²) >= 11 is 0. The molecule has 1 aliphatic heterocycles. The Kier molecular flexibility index (Phi) is 3.45. The molecule has 3 unspecified atom stereocenters. The maximum atomic E-state index is 3.76. The molecule has 2 saturated carbocycles. The smallest absolute Gasteiger partial charge is 0.0223 e. The van der Waals surface area contributed by atoms with Gasteiger partial charge in [0.05, 0.1) is 0 Å². The lowest BCUT2D eigenvalue weighted by Gasteiger charge is -2.26. The first-order valence-electron chi connectivity index (χ1n) is 7.71. The van der Waals surface area contributed by atoms with E-state index >= 15 is 0 Å². The van der Waals surface area contributed by atoms with Crippen molar-refractivity contribution >= 4 is 0 Å². The zero-order valence-corrected chi connectivity index (χ0v) is 11.3. The average Bonchev–Trinajstić information content (AvgIpc) is 2.96. The van der Waals surface area contributed by atoms with Gasteiger partial charge in [0.2, 0.25) is 0 Å². The quantitative estimate of drug-likeness (QED) is 0.784. The molecular weight excluding hydrogens is 208 g/mol. The van der Waals surface area contributed by atoms with E-state index in [1.54, 1.807) is 0 Å². The van der Waals surface area contributed by atoms with Gasteiger partial charge in [-0.15, -0.1) is 0 Å². The van der Waals surface area contributed by atoms with Gasteiger partial charge in [-0.2, -0.15) is 0 Å². The Bertz CT molecular complexity index is 258. The van der Waals surface area contributed by atoms with Crippen molar-refractivity contribution in [2.75, 3.05) is 19.6 Å². The fourth-order valence-electron chi connectivity index (χ4n) is 4.46. The third kappa shape index (κ3) is 2.53. The zero-order chi connectivity index (χ0) is 11.7. The molecule has 2 heteroatoms. The topological polar surface area (TPSA) is 24.1 Å². The van der Waals surface area contributed by atoms with E-state index < -0.39 is 0 Å². The summed E-state index contributed by atoms with van der Waals surface area (Å²) < 4.78 is 0. The van der Waals surface area contributed by atoms with Crippen LogP contribution in [0.15, 0.2) is 0 Å². The average molecular weight is 236 g/mol. The highest BCUT2D eigenvalue weighted by atomic mass is 15.0. The summed E-state index contributed by atoms with van der Waals surface area (Å²) in [5, 5.41) is 7.49. The van der Waals surface area contributed by atoms with Crippen molar-refractivity contribution < 1.29 is 0 Å². The number of nitrogens with one attached hydrogen (secondary N) is 2. The van der Waals surface area contributed by atoms with Gasteiger partial charge < -0.3 is 10.6 Å². The van der Waals surface area contributed by atoms with E-state index in [0.29, 0.717) is 5.41 Å². The summed E-state index contributed by atoms with van der Waals surface area (Å²) in [7, 11) is 0. The van der Waals surface area contributed by atoms with Gasteiger partial charge in [0.15, 0.2) is 0 Å². The molecule has 2 aliphatic carbocycles. The van der Waals surface area contributed by atoms with E-state index in [4.69, 9.17) is 0 Å². The van der Waals surface area contributed by atoms with Crippen LogP contribution in [0.5, 0.6) is 0 Å². The lowest BCUT2D eigenvalue weighted by Crippen LogP contribution is -2.41. The highest BCUT2D eigenvalue weighted by molar-refractivity contribution is 4.95. The fourth-order valence-corrected chi connectivity index (χ4v) is 4.46. The number of fused-ring (bicyclic) bond motifs is 1. The molecule has 98 valence electrons. The molecule has 0 aromatic carbocycles. The standard InChI is InChI=1S/C15H28N2/c1-15(7-2-3-8-15)11-16-10-14-13-6-4-5-12(13)9-17-14/h12-14,16-17H,2-11H2,1H3. The second-order valence-corrected chi connectivity index (χ2v) is 7.02. The first-order valence-corrected chi connectivity index (χ1v) is 7.71. The summed E-state index contributed by atoms with van der Waals surface area (Å²) in [6.07, 6.45) is 10.2. The van der Waals surface area contributed by atoms with Gasteiger partial charge >= 0.3 is 0 Å². The minimum Gasteiger partial charge on any atom is -0.315 e. The van der Waals surface area contributed by atoms with Gasteiger partial charge in [-0.1, -0.05) is 26.2 Å². The maximum Gasteiger partial charge on any atom is 0.0223 e. The van der Waals surface area contributed by atoms with Crippen LogP contribution in [0, 0.1) is 17.3 Å². The molecule has 2 nitrogen and oxygen atoms in total. The van der Waals surface area contributed by atoms with E-state index in [0.717, 1.165) is 17.9 Å². The predicted octanol–water partition coefficient (Wildman–Crippen LogP) is 2.54. The molecular formula is C15H28N2. The van der Waals surface area contributed by atoms with Gasteiger partial charge in [0, 0.05) is 19.1 Å². The van der Waals surface area contributed by atoms with E-state index in [-0.39, 0.29) is 0 Å². The first kappa shape index (κ1) is 12.0. The Balaban J connectivity index is 1.42. The third-order valence-corrected chi connectivity index (χ3v) is 5.60. The Morgan fingerprint density at radius 2 is 2.00 bits per heavy atom. The molecule has 1 heterocycles. The molecule has 0 amide bonds. The summed E-state index contributed by atoms with van der Waals surface area (Å²) in [6.45, 7) is 6.20. The van der Waals surface area contributed by atoms with Crippen molar-refractivity contribution in [3.8, 4) is 0 Å². The number of rotatable bonds is 4. The van der Waals surface area contributed by atoms with Crippen LogP contribution in [0.1, 0.15) is 51.9 Å². The molecule has 0 aromatic rings. The summed E-state index contributed by atoms with van der Waals surface area (Å²) in [6, 6.07) is 0.771. The highest BCUT2D eigenvalue weighted by Gasteiger charge is 2.38. The summed E-state index contributed by atoms with van der Waals surface area (Å²) in [5.41, 5.74) is 0.605. The largest absolute Gasteiger partial charge is 0.315 e. The lowest BCUT2D eigenvalue weighted by molar-refractivity contribution is 0.299. The summed E-state index contributed by atoms with van der Waals surface area (Å²) in [4.78, 5) is 0. The van der Waals surface area contributed by atoms with E-state index in [2.05, 4.69) is 17.6 Å². The normalized spacial score (nSPS) is 39.7. The van der Waals surface area contributed by atoms with Gasteiger partial charge in [0.1, 0.15) is 0 Å². The molecule has 17 heavy (non-hydrogen) atoms. The SMILES string of the molecule is CC1(CNCC2NCC3CCCC32)CCCC1. The number of hydrogen-bond acceptors (Lipinski definition) is 2. The molecule has 0 spiro atoms. The van der Waals surface area contributed by atoms with Crippen molar-refractivity contribution in [1.82, 2.24) is 10.6 Å². The molecule has 3 fully saturated rings. The van der Waals surface area contributed by atoms with Crippen molar-refractivity contribution in [1.29, 1.82) is 0 Å². The second-order valence-electron chi connectivity index (χ2n) is 7.02. The Morgan fingerprint density at radius 1 is 1.18 bits per heavy atom. The van der Waals surface area contributed by atoms with Crippen molar-refractivity contribution in [2.45, 2.75) is 57.9 Å². The maximum absolute atomic E-state index is 3.76. The van der Waals surface area contributed by atoms with Crippen LogP contribution in [0.4, 0.5) is 0 Å². The molecule has 3 aliphatic rings. The molecule has 2 N–H and O–H groups in total. The minimum atomic E-state index is 0.605. The van der Waals surface area contributed by atoms with Crippen LogP contribution in [0.3, 0.4) is 0 Å². The Morgan fingerprint density at radius 3 is 2.82 bits per heavy atom. The van der Waals surface area contributed by atoms with Gasteiger partial charge in [-0.3, -0.25) is 0 Å². The van der Waals surface area contributed by atoms with Gasteiger partial charge in [0.25, 0.3) is 0 Å². The predicted molar refractivity (Wildman–Crippen MR) is 72.1 cm³/mol.